The first kappa shape index (κ1) is 27.2. The topological polar surface area (TPSA) is 50.8 Å². The van der Waals surface area contributed by atoms with Crippen LogP contribution in [0.1, 0.15) is 38.9 Å². The number of anilines is 3. The second kappa shape index (κ2) is 10.9. The van der Waals surface area contributed by atoms with Crippen LogP contribution in [0.25, 0.3) is 29.4 Å². The van der Waals surface area contributed by atoms with Crippen molar-refractivity contribution in [1.82, 2.24) is 0 Å². The van der Waals surface area contributed by atoms with Gasteiger partial charge in [-0.25, -0.2) is 0 Å². The van der Waals surface area contributed by atoms with E-state index in [1.807, 2.05) is 30.3 Å². The molecule has 3 nitrogen and oxygen atoms in total. The van der Waals surface area contributed by atoms with Gasteiger partial charge in [0.2, 0.25) is 0 Å². The van der Waals surface area contributed by atoms with Crippen molar-refractivity contribution in [2.75, 3.05) is 4.90 Å². The SMILES string of the molecule is N#CC(C#N)=Cc1ccc2c(c1)C1(c3cc(N(c4ccccc4)c4ccccc4)ccc3C=C2)c2ccccc2-c2ccccc21. The number of nitriles is 2. The van der Waals surface area contributed by atoms with Gasteiger partial charge in [0.1, 0.15) is 17.7 Å². The van der Waals surface area contributed by atoms with Crippen molar-refractivity contribution >= 4 is 35.3 Å². The normalized spacial score (nSPS) is 12.8. The first-order valence-corrected chi connectivity index (χ1v) is 15.3. The molecule has 0 radical (unpaired) electrons. The Balaban J connectivity index is 1.48. The van der Waals surface area contributed by atoms with Crippen LogP contribution in [0.5, 0.6) is 0 Å². The molecule has 6 aromatic rings. The first-order valence-electron chi connectivity index (χ1n) is 15.3. The maximum absolute atomic E-state index is 9.58. The minimum atomic E-state index is -0.653. The highest BCUT2D eigenvalue weighted by molar-refractivity contribution is 5.92. The van der Waals surface area contributed by atoms with E-state index in [4.69, 9.17) is 0 Å². The number of rotatable bonds is 4. The molecule has 3 heteroatoms. The summed E-state index contributed by atoms with van der Waals surface area (Å²) in [7, 11) is 0. The van der Waals surface area contributed by atoms with Crippen LogP contribution in [-0.2, 0) is 5.41 Å². The molecule has 0 aliphatic heterocycles. The average molecular weight is 586 g/mol. The Bertz CT molecular complexity index is 2180. The van der Waals surface area contributed by atoms with Gasteiger partial charge in [0, 0.05) is 17.1 Å². The van der Waals surface area contributed by atoms with E-state index in [0.717, 1.165) is 39.3 Å². The van der Waals surface area contributed by atoms with Crippen LogP contribution >= 0.6 is 0 Å². The summed E-state index contributed by atoms with van der Waals surface area (Å²) in [5.74, 6) is 0. The summed E-state index contributed by atoms with van der Waals surface area (Å²) in [6.45, 7) is 0. The van der Waals surface area contributed by atoms with E-state index in [2.05, 4.69) is 144 Å². The van der Waals surface area contributed by atoms with Gasteiger partial charge in [-0.05, 0) is 98.6 Å². The number of para-hydroxylation sites is 2. The highest BCUT2D eigenvalue weighted by Gasteiger charge is 2.48. The molecule has 0 heterocycles. The zero-order chi connectivity index (χ0) is 31.1. The van der Waals surface area contributed by atoms with Gasteiger partial charge < -0.3 is 4.90 Å². The second-order valence-electron chi connectivity index (χ2n) is 11.6. The predicted molar refractivity (Wildman–Crippen MR) is 187 cm³/mol. The van der Waals surface area contributed by atoms with E-state index in [-0.39, 0.29) is 5.57 Å². The van der Waals surface area contributed by atoms with Crippen molar-refractivity contribution in [3.05, 3.63) is 190 Å². The molecule has 1 spiro atoms. The molecular formula is C43H27N3. The van der Waals surface area contributed by atoms with E-state index >= 15 is 0 Å². The Kier molecular flexibility index (Phi) is 6.46. The number of hydrogen-bond acceptors (Lipinski definition) is 3. The third kappa shape index (κ3) is 4.11. The van der Waals surface area contributed by atoms with Gasteiger partial charge in [-0.15, -0.1) is 0 Å². The van der Waals surface area contributed by atoms with Crippen LogP contribution in [0, 0.1) is 22.7 Å². The largest absolute Gasteiger partial charge is 0.310 e. The predicted octanol–water partition coefficient (Wildman–Crippen LogP) is 10.4. The van der Waals surface area contributed by atoms with Gasteiger partial charge in [-0.2, -0.15) is 10.5 Å². The molecular weight excluding hydrogens is 558 g/mol. The molecule has 0 saturated heterocycles. The summed E-state index contributed by atoms with van der Waals surface area (Å²) in [6.07, 6.45) is 6.09. The minimum absolute atomic E-state index is 0.0782. The molecule has 0 aromatic heterocycles. The monoisotopic (exact) mass is 585 g/mol. The lowest BCUT2D eigenvalue weighted by molar-refractivity contribution is 0.766. The lowest BCUT2D eigenvalue weighted by Crippen LogP contribution is -2.30. The maximum Gasteiger partial charge on any atom is 0.130 e. The van der Waals surface area contributed by atoms with E-state index in [1.54, 1.807) is 6.08 Å². The molecule has 214 valence electrons. The summed E-state index contributed by atoms with van der Waals surface area (Å²) in [5.41, 5.74) is 12.8. The van der Waals surface area contributed by atoms with Crippen LogP contribution in [0.4, 0.5) is 17.1 Å². The van der Waals surface area contributed by atoms with E-state index in [0.29, 0.717) is 0 Å². The molecule has 46 heavy (non-hydrogen) atoms. The molecule has 0 atom stereocenters. The van der Waals surface area contributed by atoms with Crippen molar-refractivity contribution < 1.29 is 0 Å². The zero-order valence-corrected chi connectivity index (χ0v) is 24.9. The first-order chi connectivity index (χ1) is 22.7. The Morgan fingerprint density at radius 2 is 1.00 bits per heavy atom. The third-order valence-corrected chi connectivity index (χ3v) is 9.16. The molecule has 8 rings (SSSR count). The summed E-state index contributed by atoms with van der Waals surface area (Å²) < 4.78 is 0. The van der Waals surface area contributed by atoms with Crippen molar-refractivity contribution in [3.63, 3.8) is 0 Å². The maximum atomic E-state index is 9.58. The van der Waals surface area contributed by atoms with Crippen molar-refractivity contribution in [3.8, 4) is 23.3 Å². The van der Waals surface area contributed by atoms with Crippen LogP contribution in [0.3, 0.4) is 0 Å². The van der Waals surface area contributed by atoms with Crippen LogP contribution in [0.15, 0.2) is 151 Å². The molecule has 0 N–H and O–H groups in total. The van der Waals surface area contributed by atoms with Crippen LogP contribution in [-0.4, -0.2) is 0 Å². The summed E-state index contributed by atoms with van der Waals surface area (Å²) in [6, 6.07) is 55.5. The fourth-order valence-electron chi connectivity index (χ4n) is 7.28. The fraction of sp³-hybridized carbons (Fsp3) is 0.0233. The van der Waals surface area contributed by atoms with Gasteiger partial charge in [-0.1, -0.05) is 115 Å². The smallest absolute Gasteiger partial charge is 0.130 e. The van der Waals surface area contributed by atoms with Gasteiger partial charge >= 0.3 is 0 Å². The number of benzene rings is 6. The Labute approximate surface area is 268 Å². The van der Waals surface area contributed by atoms with E-state index < -0.39 is 5.41 Å². The molecule has 6 aromatic carbocycles. The summed E-state index contributed by atoms with van der Waals surface area (Å²) in [5, 5.41) is 19.2. The average Bonchev–Trinajstić information content (AvgIpc) is 3.33. The Morgan fingerprint density at radius 1 is 0.500 bits per heavy atom. The summed E-state index contributed by atoms with van der Waals surface area (Å²) >= 11 is 0. The van der Waals surface area contributed by atoms with Gasteiger partial charge in [0.25, 0.3) is 0 Å². The quantitative estimate of drug-likeness (QED) is 0.193. The Morgan fingerprint density at radius 3 is 1.57 bits per heavy atom. The number of allylic oxidation sites excluding steroid dienone is 1. The third-order valence-electron chi connectivity index (χ3n) is 9.16. The Hall–Kier alpha value is -6.42. The van der Waals surface area contributed by atoms with Crippen molar-refractivity contribution in [2.24, 2.45) is 0 Å². The molecule has 0 saturated carbocycles. The molecule has 2 aliphatic rings. The molecule has 0 unspecified atom stereocenters. The zero-order valence-electron chi connectivity index (χ0n) is 24.9. The number of hydrogen-bond donors (Lipinski definition) is 0. The van der Waals surface area contributed by atoms with Crippen molar-refractivity contribution in [2.45, 2.75) is 5.41 Å². The second-order valence-corrected chi connectivity index (χ2v) is 11.6. The van der Waals surface area contributed by atoms with Crippen molar-refractivity contribution in [1.29, 1.82) is 10.5 Å². The van der Waals surface area contributed by atoms with E-state index in [9.17, 15) is 10.5 Å². The summed E-state index contributed by atoms with van der Waals surface area (Å²) in [4.78, 5) is 2.31. The fourth-order valence-corrected chi connectivity index (χ4v) is 7.28. The lowest BCUT2D eigenvalue weighted by atomic mass is 9.65. The minimum Gasteiger partial charge on any atom is -0.310 e. The lowest BCUT2D eigenvalue weighted by Gasteiger charge is -2.36. The molecule has 0 fully saturated rings. The van der Waals surface area contributed by atoms with Crippen LogP contribution < -0.4 is 4.90 Å². The number of fused-ring (bicyclic) bond motifs is 9. The van der Waals surface area contributed by atoms with E-state index in [1.165, 1.54) is 27.8 Å². The van der Waals surface area contributed by atoms with Gasteiger partial charge in [0.15, 0.2) is 0 Å². The standard InChI is InChI=1S/C43H27N3/c44-28-31(29-45)25-30-19-20-32-21-22-33-23-24-36(46(34-11-3-1-4-12-34)35-13-5-2-6-14-35)27-42(33)43(41(32)26-30)39-17-9-7-15-37(39)38-16-8-10-18-40(38)43/h1-27H. The molecule has 2 aliphatic carbocycles. The molecule has 0 bridgehead atoms. The van der Waals surface area contributed by atoms with Gasteiger partial charge in [0.05, 0.1) is 5.41 Å². The van der Waals surface area contributed by atoms with Crippen LogP contribution in [0.2, 0.25) is 0 Å². The molecule has 0 amide bonds. The highest BCUT2D eigenvalue weighted by atomic mass is 15.1. The highest BCUT2D eigenvalue weighted by Crippen LogP contribution is 2.59. The van der Waals surface area contributed by atoms with Gasteiger partial charge in [-0.3, -0.25) is 0 Å². The number of nitrogens with zero attached hydrogens (tertiary/aromatic N) is 3.